The van der Waals surface area contributed by atoms with Crippen molar-refractivity contribution in [3.63, 3.8) is 0 Å². The van der Waals surface area contributed by atoms with Crippen molar-refractivity contribution in [2.45, 2.75) is 25.9 Å². The van der Waals surface area contributed by atoms with E-state index < -0.39 is 0 Å². The lowest BCUT2D eigenvalue weighted by molar-refractivity contribution is -0.121. The maximum atomic E-state index is 12.6. The molecule has 0 fully saturated rings. The van der Waals surface area contributed by atoms with Crippen molar-refractivity contribution in [1.29, 1.82) is 0 Å². The number of fused-ring (bicyclic) bond motifs is 2. The third-order valence-corrected chi connectivity index (χ3v) is 5.35. The van der Waals surface area contributed by atoms with Gasteiger partial charge in [0.2, 0.25) is 5.91 Å². The Kier molecular flexibility index (Phi) is 5.57. The zero-order chi connectivity index (χ0) is 20.2. The first-order valence-corrected chi connectivity index (χ1v) is 10.1. The van der Waals surface area contributed by atoms with Crippen LogP contribution in [0.1, 0.15) is 12.8 Å². The minimum absolute atomic E-state index is 0.0863. The van der Waals surface area contributed by atoms with Gasteiger partial charge in [0.15, 0.2) is 4.77 Å². The lowest BCUT2D eigenvalue weighted by atomic mass is 10.2. The van der Waals surface area contributed by atoms with Gasteiger partial charge in [-0.2, -0.15) is 0 Å². The van der Waals surface area contributed by atoms with Gasteiger partial charge < -0.3 is 14.9 Å². The first-order chi connectivity index (χ1) is 14.1. The number of nitrogens with zero attached hydrogens (tertiary/aromatic N) is 2. The lowest BCUT2D eigenvalue weighted by Crippen LogP contribution is -2.29. The van der Waals surface area contributed by atoms with Crippen LogP contribution in [0.3, 0.4) is 0 Å². The number of aromatic nitrogens is 3. The molecule has 0 unspecified atom stereocenters. The van der Waals surface area contributed by atoms with E-state index in [1.54, 1.807) is 6.07 Å². The Morgan fingerprint density at radius 2 is 1.83 bits per heavy atom. The third-order valence-electron chi connectivity index (χ3n) is 5.03. The number of hydrogen-bond acceptors (Lipinski definition) is 3. The molecule has 4 aromatic rings. The summed E-state index contributed by atoms with van der Waals surface area (Å²) in [5.74, 6) is -0.0863. The van der Waals surface area contributed by atoms with Crippen LogP contribution in [0.25, 0.3) is 21.8 Å². The Balaban J connectivity index is 1.30. The van der Waals surface area contributed by atoms with Crippen LogP contribution >= 0.6 is 12.2 Å². The van der Waals surface area contributed by atoms with Crippen molar-refractivity contribution in [3.8, 4) is 0 Å². The molecule has 148 valence electrons. The highest BCUT2D eigenvalue weighted by molar-refractivity contribution is 7.71. The number of benzene rings is 2. The van der Waals surface area contributed by atoms with Gasteiger partial charge in [0.1, 0.15) is 0 Å². The summed E-state index contributed by atoms with van der Waals surface area (Å²) in [6.07, 6.45) is 3.11. The van der Waals surface area contributed by atoms with Gasteiger partial charge in [-0.3, -0.25) is 14.2 Å². The number of amides is 1. The molecule has 2 aromatic heterocycles. The predicted molar refractivity (Wildman–Crippen MR) is 118 cm³/mol. The maximum Gasteiger partial charge on any atom is 0.262 e. The molecule has 0 saturated heterocycles. The summed E-state index contributed by atoms with van der Waals surface area (Å²) in [4.78, 5) is 27.8. The lowest BCUT2D eigenvalue weighted by Gasteiger charge is -2.09. The van der Waals surface area contributed by atoms with Gasteiger partial charge in [0.05, 0.1) is 10.9 Å². The van der Waals surface area contributed by atoms with E-state index in [1.165, 1.54) is 15.5 Å². The summed E-state index contributed by atoms with van der Waals surface area (Å²) in [5.41, 5.74) is 1.74. The van der Waals surface area contributed by atoms with Crippen molar-refractivity contribution in [2.24, 2.45) is 0 Å². The largest absolute Gasteiger partial charge is 0.356 e. The fraction of sp³-hybridized carbons (Fsp3) is 0.227. The van der Waals surface area contributed by atoms with Gasteiger partial charge in [-0.25, -0.2) is 0 Å². The summed E-state index contributed by atoms with van der Waals surface area (Å²) in [6.45, 7) is 1.68. The molecule has 0 bridgehead atoms. The van der Waals surface area contributed by atoms with Crippen LogP contribution in [0.2, 0.25) is 0 Å². The van der Waals surface area contributed by atoms with E-state index in [0.29, 0.717) is 22.2 Å². The van der Waals surface area contributed by atoms with Crippen LogP contribution in [0.4, 0.5) is 0 Å². The van der Waals surface area contributed by atoms with E-state index >= 15 is 0 Å². The Labute approximate surface area is 172 Å². The number of aryl methyl sites for hydroxylation is 1. The fourth-order valence-corrected chi connectivity index (χ4v) is 3.80. The number of rotatable bonds is 7. The van der Waals surface area contributed by atoms with Gasteiger partial charge in [-0.15, -0.1) is 0 Å². The molecule has 2 aromatic carbocycles. The van der Waals surface area contributed by atoms with Crippen molar-refractivity contribution in [3.05, 3.63) is 75.9 Å². The summed E-state index contributed by atoms with van der Waals surface area (Å²) in [7, 11) is 0. The average Bonchev–Trinajstić information content (AvgIpc) is 3.14. The van der Waals surface area contributed by atoms with E-state index in [2.05, 4.69) is 39.3 Å². The van der Waals surface area contributed by atoms with Crippen molar-refractivity contribution < 1.29 is 4.79 Å². The van der Waals surface area contributed by atoms with Crippen LogP contribution in [0.5, 0.6) is 0 Å². The standard InChI is InChI=1S/C22H22N4O2S/c27-20(23-12-5-13-25-14-10-16-6-1-4-9-19(16)25)11-15-26-21(28)17-7-2-3-8-18(17)24-22(26)29/h1-4,6-10,14H,5,11-13,15H2,(H,23,27)(H,24,29). The molecule has 0 aliphatic carbocycles. The molecule has 0 spiro atoms. The second-order valence-corrected chi connectivity index (χ2v) is 7.34. The Hall–Kier alpha value is -3.19. The van der Waals surface area contributed by atoms with Gasteiger partial charge >= 0.3 is 0 Å². The molecule has 0 aliphatic heterocycles. The molecule has 0 aliphatic rings. The second kappa shape index (κ2) is 8.45. The van der Waals surface area contributed by atoms with Crippen molar-refractivity contribution >= 4 is 39.9 Å². The van der Waals surface area contributed by atoms with E-state index in [9.17, 15) is 9.59 Å². The minimum atomic E-state index is -0.170. The number of carbonyl (C=O) groups excluding carboxylic acids is 1. The Bertz CT molecular complexity index is 1290. The zero-order valence-electron chi connectivity index (χ0n) is 15.9. The molecule has 7 heteroatoms. The average molecular weight is 407 g/mol. The molecule has 4 rings (SSSR count). The van der Waals surface area contributed by atoms with Crippen LogP contribution in [-0.4, -0.2) is 26.6 Å². The summed E-state index contributed by atoms with van der Waals surface area (Å²) in [5, 5.41) is 4.71. The zero-order valence-corrected chi connectivity index (χ0v) is 16.7. The van der Waals surface area contributed by atoms with E-state index in [0.717, 1.165) is 13.0 Å². The maximum absolute atomic E-state index is 12.6. The topological polar surface area (TPSA) is 71.8 Å². The van der Waals surface area contributed by atoms with E-state index in [4.69, 9.17) is 12.2 Å². The smallest absolute Gasteiger partial charge is 0.262 e. The summed E-state index contributed by atoms with van der Waals surface area (Å²) in [6, 6.07) is 17.6. The first kappa shape index (κ1) is 19.1. The molecular formula is C22H22N4O2S. The quantitative estimate of drug-likeness (QED) is 0.364. The van der Waals surface area contributed by atoms with Crippen molar-refractivity contribution in [2.75, 3.05) is 6.54 Å². The summed E-state index contributed by atoms with van der Waals surface area (Å²) >= 11 is 5.28. The van der Waals surface area contributed by atoms with Gasteiger partial charge in [0.25, 0.3) is 5.56 Å². The number of aromatic amines is 1. The van der Waals surface area contributed by atoms with Gasteiger partial charge in [-0.1, -0.05) is 30.3 Å². The van der Waals surface area contributed by atoms with Crippen molar-refractivity contribution in [1.82, 2.24) is 19.4 Å². The van der Waals surface area contributed by atoms with E-state index in [-0.39, 0.29) is 24.4 Å². The minimum Gasteiger partial charge on any atom is -0.356 e. The van der Waals surface area contributed by atoms with Crippen LogP contribution < -0.4 is 10.9 Å². The number of carbonyl (C=O) groups is 1. The molecular weight excluding hydrogens is 384 g/mol. The van der Waals surface area contributed by atoms with Gasteiger partial charge in [-0.05, 0) is 48.3 Å². The van der Waals surface area contributed by atoms with E-state index in [1.807, 2.05) is 30.3 Å². The molecule has 0 radical (unpaired) electrons. The molecule has 1 amide bonds. The fourth-order valence-electron chi connectivity index (χ4n) is 3.52. The first-order valence-electron chi connectivity index (χ1n) is 9.66. The van der Waals surface area contributed by atoms with Crippen LogP contribution in [0, 0.1) is 4.77 Å². The van der Waals surface area contributed by atoms with Gasteiger partial charge in [0, 0.05) is 37.8 Å². The second-order valence-electron chi connectivity index (χ2n) is 6.95. The summed E-state index contributed by atoms with van der Waals surface area (Å²) < 4.78 is 3.97. The monoisotopic (exact) mass is 406 g/mol. The molecule has 6 nitrogen and oxygen atoms in total. The van der Waals surface area contributed by atoms with Crippen LogP contribution in [0.15, 0.2) is 65.6 Å². The molecule has 2 N–H and O–H groups in total. The Morgan fingerprint density at radius 3 is 2.72 bits per heavy atom. The number of H-pyrrole nitrogens is 1. The predicted octanol–water partition coefficient (Wildman–Crippen LogP) is 3.61. The van der Waals surface area contributed by atoms with Crippen LogP contribution in [-0.2, 0) is 17.9 Å². The molecule has 29 heavy (non-hydrogen) atoms. The molecule has 2 heterocycles. The Morgan fingerprint density at radius 1 is 1.03 bits per heavy atom. The molecule has 0 saturated carbocycles. The normalized spacial score (nSPS) is 11.2. The molecule has 0 atom stereocenters. The highest BCUT2D eigenvalue weighted by Gasteiger charge is 2.08. The third kappa shape index (κ3) is 4.14. The highest BCUT2D eigenvalue weighted by Crippen LogP contribution is 2.15. The number of nitrogens with one attached hydrogen (secondary N) is 2. The highest BCUT2D eigenvalue weighted by atomic mass is 32.1. The number of para-hydroxylation sites is 2. The number of hydrogen-bond donors (Lipinski definition) is 2. The SMILES string of the molecule is O=C(CCn1c(=S)[nH]c2ccccc2c1=O)NCCCn1ccc2ccccc21.